The van der Waals surface area contributed by atoms with Crippen LogP contribution in [0.4, 0.5) is 0 Å². The molecule has 0 saturated carbocycles. The number of hydrogen-bond donors (Lipinski definition) is 1. The fraction of sp³-hybridized carbons (Fsp3) is 0.211. The smallest absolute Gasteiger partial charge is 0.277 e. The lowest BCUT2D eigenvalue weighted by Crippen LogP contribution is -2.28. The summed E-state index contributed by atoms with van der Waals surface area (Å²) in [5.41, 5.74) is 3.04. The van der Waals surface area contributed by atoms with Gasteiger partial charge >= 0.3 is 0 Å². The monoisotopic (exact) mass is 353 g/mol. The maximum Gasteiger partial charge on any atom is 0.277 e. The second-order valence-electron chi connectivity index (χ2n) is 5.68. The molecular weight excluding hydrogens is 334 g/mol. The summed E-state index contributed by atoms with van der Waals surface area (Å²) >= 11 is 1.23. The summed E-state index contributed by atoms with van der Waals surface area (Å²) in [7, 11) is 0. The molecule has 0 bridgehead atoms. The van der Waals surface area contributed by atoms with E-state index >= 15 is 0 Å². The minimum Gasteiger partial charge on any atom is -0.411 e. The van der Waals surface area contributed by atoms with Crippen molar-refractivity contribution in [2.45, 2.75) is 25.1 Å². The zero-order valence-corrected chi connectivity index (χ0v) is 14.9. The largest absolute Gasteiger partial charge is 0.411 e. The molecule has 0 spiro atoms. The van der Waals surface area contributed by atoms with E-state index in [9.17, 15) is 4.79 Å². The first-order valence-electron chi connectivity index (χ1n) is 8.00. The summed E-state index contributed by atoms with van der Waals surface area (Å²) in [6, 6.07) is 17.6. The molecule has 1 N–H and O–H groups in total. The van der Waals surface area contributed by atoms with Gasteiger partial charge in [0.15, 0.2) is 0 Å². The minimum absolute atomic E-state index is 0.0421. The van der Waals surface area contributed by atoms with Crippen molar-refractivity contribution in [1.29, 1.82) is 0 Å². The number of aryl methyl sites for hydroxylation is 1. The van der Waals surface area contributed by atoms with Gasteiger partial charge in [0.05, 0.1) is 11.8 Å². The van der Waals surface area contributed by atoms with Gasteiger partial charge in [-0.05, 0) is 31.0 Å². The molecule has 1 amide bonds. The van der Waals surface area contributed by atoms with Gasteiger partial charge in [-0.25, -0.2) is 0 Å². The van der Waals surface area contributed by atoms with Gasteiger partial charge in [-0.1, -0.05) is 60.3 Å². The van der Waals surface area contributed by atoms with Crippen LogP contribution in [0.1, 0.15) is 24.1 Å². The Bertz CT molecular complexity index is 849. The maximum atomic E-state index is 12.1. The van der Waals surface area contributed by atoms with Gasteiger partial charge in [-0.3, -0.25) is 4.79 Å². The molecule has 0 radical (unpaired) electrons. The number of nitrogens with one attached hydrogen (secondary N) is 1. The summed E-state index contributed by atoms with van der Waals surface area (Å²) in [6.45, 7) is 3.95. The van der Waals surface area contributed by atoms with Crippen LogP contribution < -0.4 is 5.32 Å². The molecule has 3 rings (SSSR count). The van der Waals surface area contributed by atoms with Crippen LogP contribution in [0, 0.1) is 6.92 Å². The van der Waals surface area contributed by atoms with E-state index in [2.05, 4.69) is 15.5 Å². The molecule has 1 atom stereocenters. The Morgan fingerprint density at radius 2 is 1.84 bits per heavy atom. The molecule has 0 aliphatic carbocycles. The lowest BCUT2D eigenvalue weighted by atomic mass is 10.1. The van der Waals surface area contributed by atoms with Crippen LogP contribution in [-0.4, -0.2) is 21.9 Å². The fourth-order valence-corrected chi connectivity index (χ4v) is 3.00. The topological polar surface area (TPSA) is 68.0 Å². The molecule has 0 aliphatic heterocycles. The third kappa shape index (κ3) is 4.48. The van der Waals surface area contributed by atoms with E-state index in [0.29, 0.717) is 11.1 Å². The number of amides is 1. The first-order chi connectivity index (χ1) is 12.1. The van der Waals surface area contributed by atoms with Gasteiger partial charge in [0.1, 0.15) is 0 Å². The Hall–Kier alpha value is -2.60. The summed E-state index contributed by atoms with van der Waals surface area (Å²) in [4.78, 5) is 12.1. The number of hydrogen-bond acceptors (Lipinski definition) is 5. The van der Waals surface area contributed by atoms with Crippen molar-refractivity contribution in [3.05, 3.63) is 65.7 Å². The number of thioether (sulfide) groups is 1. The van der Waals surface area contributed by atoms with Crippen LogP contribution >= 0.6 is 11.8 Å². The molecule has 1 heterocycles. The van der Waals surface area contributed by atoms with E-state index in [4.69, 9.17) is 4.42 Å². The number of rotatable bonds is 6. The molecular formula is C19H19N3O2S. The van der Waals surface area contributed by atoms with Crippen molar-refractivity contribution in [1.82, 2.24) is 15.5 Å². The number of carbonyl (C=O) groups excluding carboxylic acids is 1. The van der Waals surface area contributed by atoms with Gasteiger partial charge in [0.2, 0.25) is 11.8 Å². The molecule has 5 nitrogen and oxygen atoms in total. The minimum atomic E-state index is -0.0722. The Morgan fingerprint density at radius 3 is 2.60 bits per heavy atom. The fourth-order valence-electron chi connectivity index (χ4n) is 2.43. The molecule has 0 aliphatic rings. The molecule has 0 saturated heterocycles. The Labute approximate surface area is 150 Å². The van der Waals surface area contributed by atoms with Crippen molar-refractivity contribution < 1.29 is 9.21 Å². The van der Waals surface area contributed by atoms with Crippen LogP contribution in [0.5, 0.6) is 0 Å². The van der Waals surface area contributed by atoms with Crippen molar-refractivity contribution >= 4 is 17.7 Å². The highest BCUT2D eigenvalue weighted by Crippen LogP contribution is 2.25. The summed E-state index contributed by atoms with van der Waals surface area (Å²) in [6.07, 6.45) is 0. The molecule has 2 aromatic carbocycles. The van der Waals surface area contributed by atoms with Gasteiger partial charge in [-0.2, -0.15) is 0 Å². The molecule has 6 heteroatoms. The van der Waals surface area contributed by atoms with Crippen molar-refractivity contribution in [3.8, 4) is 11.5 Å². The zero-order valence-electron chi connectivity index (χ0n) is 14.1. The quantitative estimate of drug-likeness (QED) is 0.678. The summed E-state index contributed by atoms with van der Waals surface area (Å²) < 4.78 is 5.65. The molecule has 0 unspecified atom stereocenters. The van der Waals surface area contributed by atoms with Crippen molar-refractivity contribution in [3.63, 3.8) is 0 Å². The van der Waals surface area contributed by atoms with Crippen LogP contribution in [0.2, 0.25) is 0 Å². The highest BCUT2D eigenvalue weighted by Gasteiger charge is 2.14. The second kappa shape index (κ2) is 7.98. The third-order valence-electron chi connectivity index (χ3n) is 3.79. The highest BCUT2D eigenvalue weighted by molar-refractivity contribution is 7.99. The van der Waals surface area contributed by atoms with Gasteiger partial charge in [-0.15, -0.1) is 10.2 Å². The second-order valence-corrected chi connectivity index (χ2v) is 6.60. The van der Waals surface area contributed by atoms with E-state index < -0.39 is 0 Å². The zero-order chi connectivity index (χ0) is 17.6. The average molecular weight is 353 g/mol. The van der Waals surface area contributed by atoms with Gasteiger partial charge < -0.3 is 9.73 Å². The van der Waals surface area contributed by atoms with Crippen LogP contribution in [0.25, 0.3) is 11.5 Å². The summed E-state index contributed by atoms with van der Waals surface area (Å²) in [5, 5.41) is 11.4. The van der Waals surface area contributed by atoms with Crippen LogP contribution in [0.15, 0.2) is 64.2 Å². The molecule has 3 aromatic rings. The third-order valence-corrected chi connectivity index (χ3v) is 4.60. The average Bonchev–Trinajstić information content (AvgIpc) is 3.10. The van der Waals surface area contributed by atoms with Gasteiger partial charge in [0.25, 0.3) is 5.22 Å². The first-order valence-corrected chi connectivity index (χ1v) is 8.98. The van der Waals surface area contributed by atoms with E-state index in [1.165, 1.54) is 11.8 Å². The Balaban J connectivity index is 1.55. The molecule has 25 heavy (non-hydrogen) atoms. The number of nitrogens with zero attached hydrogens (tertiary/aromatic N) is 2. The maximum absolute atomic E-state index is 12.1. The molecule has 128 valence electrons. The van der Waals surface area contributed by atoms with E-state index in [1.807, 2.05) is 68.4 Å². The SMILES string of the molecule is Cc1ccccc1-c1nnc(SCC(=O)N[C@H](C)c2ccccc2)o1. The molecule has 1 aromatic heterocycles. The molecule has 0 fully saturated rings. The lowest BCUT2D eigenvalue weighted by molar-refractivity contribution is -0.119. The van der Waals surface area contributed by atoms with Crippen LogP contribution in [-0.2, 0) is 4.79 Å². The van der Waals surface area contributed by atoms with E-state index in [0.717, 1.165) is 16.7 Å². The van der Waals surface area contributed by atoms with E-state index in [1.54, 1.807) is 0 Å². The first kappa shape index (κ1) is 17.2. The van der Waals surface area contributed by atoms with Crippen molar-refractivity contribution in [2.24, 2.45) is 0 Å². The van der Waals surface area contributed by atoms with Crippen LogP contribution in [0.3, 0.4) is 0 Å². The standard InChI is InChI=1S/C19H19N3O2S/c1-13-8-6-7-11-16(13)18-21-22-19(24-18)25-12-17(23)20-14(2)15-9-4-3-5-10-15/h3-11,14H,12H2,1-2H3,(H,20,23)/t14-/m1/s1. The van der Waals surface area contributed by atoms with Crippen molar-refractivity contribution in [2.75, 3.05) is 5.75 Å². The highest BCUT2D eigenvalue weighted by atomic mass is 32.2. The number of benzene rings is 2. The number of aromatic nitrogens is 2. The predicted molar refractivity (Wildman–Crippen MR) is 98.2 cm³/mol. The number of carbonyl (C=O) groups is 1. The predicted octanol–water partition coefficient (Wildman–Crippen LogP) is 4.01. The van der Waals surface area contributed by atoms with E-state index in [-0.39, 0.29) is 17.7 Å². The Morgan fingerprint density at radius 1 is 1.12 bits per heavy atom. The van der Waals surface area contributed by atoms with Gasteiger partial charge in [0, 0.05) is 5.56 Å². The Kier molecular flexibility index (Phi) is 5.50. The lowest BCUT2D eigenvalue weighted by Gasteiger charge is -2.13. The normalized spacial score (nSPS) is 11.9. The summed E-state index contributed by atoms with van der Waals surface area (Å²) in [5.74, 6) is 0.628.